The van der Waals surface area contributed by atoms with Gasteiger partial charge < -0.3 is 59.0 Å². The third-order valence-electron chi connectivity index (χ3n) is 10.0. The van der Waals surface area contributed by atoms with Crippen LogP contribution in [0.15, 0.2) is 54.7 Å². The van der Waals surface area contributed by atoms with Crippen LogP contribution >= 0.6 is 23.5 Å². The number of aromatic hydroxyl groups is 1. The van der Waals surface area contributed by atoms with Gasteiger partial charge in [0.15, 0.2) is 0 Å². The molecule has 6 amide bonds. The van der Waals surface area contributed by atoms with Crippen molar-refractivity contribution in [3.63, 3.8) is 0 Å². The van der Waals surface area contributed by atoms with Gasteiger partial charge in [0.05, 0.1) is 6.04 Å². The van der Waals surface area contributed by atoms with E-state index in [-0.39, 0.29) is 31.4 Å². The lowest BCUT2D eigenvalue weighted by Crippen LogP contribution is -2.60. The summed E-state index contributed by atoms with van der Waals surface area (Å²) >= 11 is 2.95. The average Bonchev–Trinajstić information content (AvgIpc) is 3.67. The number of phenols is 1. The number of hydrogen-bond donors (Lipinski definition) is 11. The number of nitrogens with two attached hydrogens (primary N) is 3. The zero-order valence-electron chi connectivity index (χ0n) is 37.2. The molecule has 0 bridgehead atoms. The second kappa shape index (κ2) is 28.5. The predicted molar refractivity (Wildman–Crippen MR) is 248 cm³/mol. The largest absolute Gasteiger partial charge is 0.508 e. The molecule has 0 spiro atoms. The average molecular weight is 970 g/mol. The SMILES string of the molecule is CSCCC(NC(=O)C(NC(=O)C(CCSC)NC(=O)C(Cc1ccc(O)cc1)NC(=O)C(CCCCN)NC(=O)C(N)Cc1c[nH]c2ccccc12)C(C)C)C(N)=O.O=C(O)C(F)(F)F. The van der Waals surface area contributed by atoms with Gasteiger partial charge in [0.1, 0.15) is 36.0 Å². The van der Waals surface area contributed by atoms with Crippen LogP contribution in [-0.4, -0.2) is 130 Å². The van der Waals surface area contributed by atoms with E-state index in [9.17, 15) is 47.0 Å². The highest BCUT2D eigenvalue weighted by molar-refractivity contribution is 7.98. The normalized spacial score (nSPS) is 14.0. The number of para-hydroxylation sites is 1. The molecule has 0 saturated carbocycles. The van der Waals surface area contributed by atoms with Crippen LogP contribution in [0.25, 0.3) is 10.9 Å². The highest BCUT2D eigenvalue weighted by Gasteiger charge is 2.38. The van der Waals surface area contributed by atoms with Crippen LogP contribution in [-0.2, 0) is 46.4 Å². The van der Waals surface area contributed by atoms with Crippen molar-refractivity contribution in [2.24, 2.45) is 23.1 Å². The van der Waals surface area contributed by atoms with Crippen molar-refractivity contribution in [2.45, 2.75) is 101 Å². The van der Waals surface area contributed by atoms with Crippen LogP contribution in [0.2, 0.25) is 0 Å². The molecule has 3 rings (SSSR count). The quantitative estimate of drug-likeness (QED) is 0.0513. The number of fused-ring (bicyclic) bond motifs is 1. The minimum atomic E-state index is -5.08. The number of carboxylic acids is 1. The summed E-state index contributed by atoms with van der Waals surface area (Å²) < 4.78 is 31.7. The maximum absolute atomic E-state index is 14.2. The Morgan fingerprint density at radius 1 is 0.712 bits per heavy atom. The summed E-state index contributed by atoms with van der Waals surface area (Å²) in [5, 5.41) is 31.7. The second-order valence-electron chi connectivity index (χ2n) is 15.6. The van der Waals surface area contributed by atoms with E-state index in [0.717, 1.165) is 16.5 Å². The first-order chi connectivity index (χ1) is 31.1. The molecule has 3 aromatic rings. The van der Waals surface area contributed by atoms with Crippen molar-refractivity contribution in [3.05, 3.63) is 65.9 Å². The maximum Gasteiger partial charge on any atom is 0.490 e. The van der Waals surface area contributed by atoms with Gasteiger partial charge in [-0.05, 0) is 104 Å². The van der Waals surface area contributed by atoms with Crippen LogP contribution in [0, 0.1) is 5.92 Å². The van der Waals surface area contributed by atoms with E-state index in [1.54, 1.807) is 32.2 Å². The zero-order valence-corrected chi connectivity index (χ0v) is 38.9. The smallest absolute Gasteiger partial charge is 0.490 e. The summed E-state index contributed by atoms with van der Waals surface area (Å²) in [5.74, 6) is -5.88. The molecule has 14 N–H and O–H groups in total. The predicted octanol–water partition coefficient (Wildman–Crippen LogP) is 1.82. The number of halogens is 3. The Morgan fingerprint density at radius 2 is 1.23 bits per heavy atom. The lowest BCUT2D eigenvalue weighted by molar-refractivity contribution is -0.192. The van der Waals surface area contributed by atoms with E-state index in [1.165, 1.54) is 35.7 Å². The van der Waals surface area contributed by atoms with Crippen molar-refractivity contribution in [2.75, 3.05) is 30.6 Å². The number of hydrogen-bond acceptors (Lipinski definition) is 12. The van der Waals surface area contributed by atoms with E-state index in [1.807, 2.05) is 36.8 Å². The summed E-state index contributed by atoms with van der Waals surface area (Å²) in [6, 6.07) is 7.36. The van der Waals surface area contributed by atoms with Crippen molar-refractivity contribution in [1.29, 1.82) is 0 Å². The Hall–Kier alpha value is -5.52. The van der Waals surface area contributed by atoms with Gasteiger partial charge in [0, 0.05) is 23.5 Å². The molecule has 0 fully saturated rings. The monoisotopic (exact) mass is 969 g/mol. The number of carbonyl (C=O) groups is 7. The highest BCUT2D eigenvalue weighted by Crippen LogP contribution is 2.19. The van der Waals surface area contributed by atoms with Gasteiger partial charge in [-0.2, -0.15) is 36.7 Å². The molecule has 6 unspecified atom stereocenters. The summed E-state index contributed by atoms with van der Waals surface area (Å²) in [6.07, 6.45) is 2.42. The molecule has 18 nitrogen and oxygen atoms in total. The molecular weight excluding hydrogens is 908 g/mol. The Kier molecular flexibility index (Phi) is 24.4. The summed E-state index contributed by atoms with van der Waals surface area (Å²) in [6.45, 7) is 3.85. The number of rotatable bonds is 26. The number of H-pyrrole nitrogens is 1. The van der Waals surface area contributed by atoms with Gasteiger partial charge in [0.2, 0.25) is 35.4 Å². The minimum absolute atomic E-state index is 0.00869. The molecule has 6 atom stereocenters. The molecule has 1 aromatic heterocycles. The maximum atomic E-state index is 14.2. The van der Waals surface area contributed by atoms with Gasteiger partial charge in [-0.15, -0.1) is 0 Å². The van der Waals surface area contributed by atoms with Crippen LogP contribution in [0.1, 0.15) is 57.1 Å². The fourth-order valence-electron chi connectivity index (χ4n) is 6.37. The number of carbonyl (C=O) groups excluding carboxylic acids is 6. The van der Waals surface area contributed by atoms with E-state index < -0.39 is 89.8 Å². The number of aromatic amines is 1. The molecule has 0 aliphatic rings. The molecule has 0 saturated heterocycles. The van der Waals surface area contributed by atoms with Crippen LogP contribution in [0.5, 0.6) is 5.75 Å². The molecule has 66 heavy (non-hydrogen) atoms. The highest BCUT2D eigenvalue weighted by atomic mass is 32.2. The first kappa shape index (κ1) is 56.6. The molecule has 1 heterocycles. The first-order valence-electron chi connectivity index (χ1n) is 21.0. The molecule has 0 aliphatic carbocycles. The first-order valence-corrected chi connectivity index (χ1v) is 23.8. The number of unbranched alkanes of at least 4 members (excludes halogenated alkanes) is 1. The number of aliphatic carboxylic acids is 1. The third kappa shape index (κ3) is 19.5. The number of alkyl halides is 3. The van der Waals surface area contributed by atoms with E-state index in [0.29, 0.717) is 42.9 Å². The molecule has 23 heteroatoms. The minimum Gasteiger partial charge on any atom is -0.508 e. The Bertz CT molecular complexity index is 2060. The number of amides is 6. The van der Waals surface area contributed by atoms with Gasteiger partial charge in [-0.25, -0.2) is 4.79 Å². The molecule has 366 valence electrons. The molecule has 0 aliphatic heterocycles. The lowest BCUT2D eigenvalue weighted by atomic mass is 10.0. The van der Waals surface area contributed by atoms with Crippen molar-refractivity contribution in [3.8, 4) is 5.75 Å². The number of thioether (sulfide) groups is 2. The standard InChI is InChI=1S/C41H61N9O7S2.C2HF3O2/c1-24(2)35(41(57)46-31(36(44)52)16-19-58-3)50-39(55)33(17-20-59-4)48-40(56)34(21-25-12-14-27(51)15-13-25)49-38(54)32(11-7-8-18-42)47-37(53)29(43)22-26-23-45-30-10-6-5-9-28(26)30;3-2(4,5)1(6)7/h5-6,9-10,12-15,23-24,29,31-35,45,51H,7-8,11,16-22,42-43H2,1-4H3,(H2,44,52)(H,46,57)(H,47,53)(H,48,56)(H,49,54)(H,50,55);(H,6,7). The van der Waals surface area contributed by atoms with Crippen molar-refractivity contribution < 1.29 is 56.9 Å². The topological polar surface area (TPSA) is 314 Å². The van der Waals surface area contributed by atoms with E-state index in [2.05, 4.69) is 31.6 Å². The van der Waals surface area contributed by atoms with E-state index in [4.69, 9.17) is 27.1 Å². The van der Waals surface area contributed by atoms with Gasteiger partial charge in [0.25, 0.3) is 0 Å². The van der Waals surface area contributed by atoms with Gasteiger partial charge >= 0.3 is 12.1 Å². The number of aromatic nitrogens is 1. The number of phenolic OH excluding ortho intramolecular Hbond substituents is 1. The fourth-order valence-corrected chi connectivity index (χ4v) is 7.31. The zero-order chi connectivity index (χ0) is 49.6. The van der Waals surface area contributed by atoms with Crippen LogP contribution < -0.4 is 43.8 Å². The lowest BCUT2D eigenvalue weighted by Gasteiger charge is -2.28. The Labute approximate surface area is 389 Å². The Balaban J connectivity index is 0.00000197. The van der Waals surface area contributed by atoms with Crippen molar-refractivity contribution >= 4 is 75.8 Å². The van der Waals surface area contributed by atoms with Gasteiger partial charge in [-0.3, -0.25) is 28.8 Å². The Morgan fingerprint density at radius 3 is 1.79 bits per heavy atom. The molecule has 2 aromatic carbocycles. The fraction of sp³-hybridized carbons (Fsp3) is 0.512. The molecular formula is C43H62F3N9O9S2. The number of primary amides is 1. The van der Waals surface area contributed by atoms with E-state index >= 15 is 0 Å². The van der Waals surface area contributed by atoms with Crippen molar-refractivity contribution in [1.82, 2.24) is 31.6 Å². The molecule has 0 radical (unpaired) electrons. The summed E-state index contributed by atoms with van der Waals surface area (Å²) in [4.78, 5) is 93.1. The second-order valence-corrected chi connectivity index (χ2v) is 17.5. The summed E-state index contributed by atoms with van der Waals surface area (Å²) in [5.41, 5.74) is 20.0. The number of nitrogens with one attached hydrogen (secondary N) is 6. The van der Waals surface area contributed by atoms with Crippen LogP contribution in [0.4, 0.5) is 13.2 Å². The third-order valence-corrected chi connectivity index (χ3v) is 11.3. The summed E-state index contributed by atoms with van der Waals surface area (Å²) in [7, 11) is 0. The van der Waals surface area contributed by atoms with Crippen LogP contribution in [0.3, 0.4) is 0 Å². The van der Waals surface area contributed by atoms with Gasteiger partial charge in [-0.1, -0.05) is 44.2 Å². The number of benzene rings is 2. The number of carboxylic acid groups (broad SMARTS) is 1.